The van der Waals surface area contributed by atoms with Gasteiger partial charge in [-0.1, -0.05) is 43.6 Å². The molecule has 0 amide bonds. The zero-order valence-electron chi connectivity index (χ0n) is 17.9. The maximum atomic E-state index is 13.2. The van der Waals surface area contributed by atoms with Crippen molar-refractivity contribution in [3.63, 3.8) is 0 Å². The Balaban J connectivity index is 1.24. The van der Waals surface area contributed by atoms with Gasteiger partial charge < -0.3 is 10.1 Å². The first-order chi connectivity index (χ1) is 14.2. The summed E-state index contributed by atoms with van der Waals surface area (Å²) in [7, 11) is 0. The fourth-order valence-electron chi connectivity index (χ4n) is 7.48. The van der Waals surface area contributed by atoms with Crippen molar-refractivity contribution in [3.8, 4) is 5.75 Å². The van der Waals surface area contributed by atoms with E-state index in [0.29, 0.717) is 28.0 Å². The van der Waals surface area contributed by atoms with Crippen LogP contribution in [0.1, 0.15) is 63.5 Å². The number of ether oxygens (including phenoxy) is 1. The average Bonchev–Trinajstić information content (AvgIpc) is 2.63. The van der Waals surface area contributed by atoms with E-state index in [0.717, 1.165) is 23.8 Å². The van der Waals surface area contributed by atoms with Crippen LogP contribution in [-0.4, -0.2) is 5.54 Å². The maximum Gasteiger partial charge on any atom is 0.124 e. The molecule has 4 fully saturated rings. The van der Waals surface area contributed by atoms with E-state index < -0.39 is 0 Å². The summed E-state index contributed by atoms with van der Waals surface area (Å²) >= 11 is 6.12. The second-order valence-corrected chi connectivity index (χ2v) is 11.3. The maximum absolute atomic E-state index is 13.2. The second-order valence-electron chi connectivity index (χ2n) is 10.9. The fraction of sp³-hybridized carbons (Fsp3) is 0.538. The molecule has 4 atom stereocenters. The lowest BCUT2D eigenvalue weighted by Gasteiger charge is -2.65. The average molecular weight is 428 g/mol. The zero-order valence-corrected chi connectivity index (χ0v) is 18.7. The molecular formula is C26H31ClFNO. The van der Waals surface area contributed by atoms with Crippen molar-refractivity contribution in [2.75, 3.05) is 0 Å². The number of halogens is 2. The Hall–Kier alpha value is -1.58. The van der Waals surface area contributed by atoms with E-state index in [2.05, 4.69) is 31.3 Å². The van der Waals surface area contributed by atoms with Crippen LogP contribution in [-0.2, 0) is 13.2 Å². The van der Waals surface area contributed by atoms with E-state index in [9.17, 15) is 4.39 Å². The van der Waals surface area contributed by atoms with Crippen LogP contribution in [0.15, 0.2) is 42.5 Å². The first-order valence-electron chi connectivity index (χ1n) is 11.1. The Morgan fingerprint density at radius 2 is 1.80 bits per heavy atom. The zero-order chi connectivity index (χ0) is 21.0. The normalized spacial score (nSPS) is 34.3. The number of rotatable bonds is 6. The van der Waals surface area contributed by atoms with E-state index in [1.807, 2.05) is 12.1 Å². The molecule has 1 N–H and O–H groups in total. The largest absolute Gasteiger partial charge is 0.489 e. The summed E-state index contributed by atoms with van der Waals surface area (Å²) in [6.45, 7) is 6.23. The van der Waals surface area contributed by atoms with Crippen LogP contribution in [0.25, 0.3) is 0 Å². The molecule has 4 bridgehead atoms. The minimum absolute atomic E-state index is 0.293. The summed E-state index contributed by atoms with van der Waals surface area (Å²) < 4.78 is 19.2. The molecule has 160 valence electrons. The highest BCUT2D eigenvalue weighted by Crippen LogP contribution is 2.66. The molecule has 0 saturated heterocycles. The van der Waals surface area contributed by atoms with E-state index in [-0.39, 0.29) is 5.82 Å². The number of nitrogens with one attached hydrogen (secondary N) is 1. The third-order valence-corrected chi connectivity index (χ3v) is 7.95. The fourth-order valence-corrected chi connectivity index (χ4v) is 7.70. The lowest BCUT2D eigenvalue weighted by Crippen LogP contribution is -2.63. The first kappa shape index (κ1) is 20.3. The van der Waals surface area contributed by atoms with Crippen molar-refractivity contribution in [1.29, 1.82) is 0 Å². The summed E-state index contributed by atoms with van der Waals surface area (Å²) in [5, 5.41) is 4.39. The summed E-state index contributed by atoms with van der Waals surface area (Å²) in [5.41, 5.74) is 3.35. The van der Waals surface area contributed by atoms with Gasteiger partial charge in [0.1, 0.15) is 18.2 Å². The molecule has 2 nitrogen and oxygen atoms in total. The van der Waals surface area contributed by atoms with Gasteiger partial charge in [-0.3, -0.25) is 0 Å². The predicted molar refractivity (Wildman–Crippen MR) is 119 cm³/mol. The smallest absolute Gasteiger partial charge is 0.124 e. The quantitative estimate of drug-likeness (QED) is 0.541. The highest BCUT2D eigenvalue weighted by molar-refractivity contribution is 6.31. The summed E-state index contributed by atoms with van der Waals surface area (Å²) in [5.74, 6) is 1.38. The van der Waals surface area contributed by atoms with Crippen molar-refractivity contribution >= 4 is 11.6 Å². The van der Waals surface area contributed by atoms with Crippen LogP contribution in [0.3, 0.4) is 0 Å². The summed E-state index contributed by atoms with van der Waals surface area (Å²) in [6.07, 6.45) is 8.19. The van der Waals surface area contributed by atoms with Gasteiger partial charge >= 0.3 is 0 Å². The lowest BCUT2D eigenvalue weighted by molar-refractivity contribution is -0.118. The Kier molecular flexibility index (Phi) is 4.91. The molecule has 4 aliphatic carbocycles. The minimum atomic E-state index is -0.329. The number of hydrogen-bond donors (Lipinski definition) is 1. The van der Waals surface area contributed by atoms with Crippen molar-refractivity contribution in [3.05, 3.63) is 64.4 Å². The molecule has 2 unspecified atom stereocenters. The van der Waals surface area contributed by atoms with Gasteiger partial charge in [-0.25, -0.2) is 4.39 Å². The highest BCUT2D eigenvalue weighted by Gasteiger charge is 2.59. The molecule has 4 saturated carbocycles. The second kappa shape index (κ2) is 7.24. The van der Waals surface area contributed by atoms with Gasteiger partial charge in [-0.15, -0.1) is 0 Å². The lowest BCUT2D eigenvalue weighted by atomic mass is 9.43. The van der Waals surface area contributed by atoms with Crippen molar-refractivity contribution in [2.24, 2.45) is 16.7 Å². The monoisotopic (exact) mass is 427 g/mol. The van der Waals surface area contributed by atoms with Gasteiger partial charge in [0.05, 0.1) is 5.02 Å². The van der Waals surface area contributed by atoms with Gasteiger partial charge in [0.15, 0.2) is 0 Å². The Morgan fingerprint density at radius 3 is 2.50 bits per heavy atom. The third kappa shape index (κ3) is 3.99. The molecule has 2 aromatic rings. The minimum Gasteiger partial charge on any atom is -0.489 e. The standard InChI is InChI=1S/C26H31ClFNO/c1-24-10-19-11-25(2,15-24)17-26(12-19,16-24)29-13-18-4-3-5-22(8-18)30-14-20-6-7-21(28)9-23(20)27/h3-9,19,29H,10-17H2,1-2H3/t19?,24-,25+,26?. The van der Waals surface area contributed by atoms with Crippen molar-refractivity contribution in [1.82, 2.24) is 5.32 Å². The topological polar surface area (TPSA) is 21.3 Å². The SMILES string of the molecule is C[C@]12CC3CC(NCc4cccc(OCc5ccc(F)cc5Cl)c4)(C1)C[C@@](C)(C3)C2. The van der Waals surface area contributed by atoms with Crippen LogP contribution in [0.2, 0.25) is 5.02 Å². The summed E-state index contributed by atoms with van der Waals surface area (Å²) in [6, 6.07) is 12.7. The molecule has 6 rings (SSSR count). The molecular weight excluding hydrogens is 397 g/mol. The van der Waals surface area contributed by atoms with Crippen molar-refractivity contribution in [2.45, 2.75) is 71.1 Å². The number of benzene rings is 2. The molecule has 30 heavy (non-hydrogen) atoms. The van der Waals surface area contributed by atoms with Gasteiger partial charge in [0, 0.05) is 17.6 Å². The molecule has 0 heterocycles. The van der Waals surface area contributed by atoms with Crippen molar-refractivity contribution < 1.29 is 9.13 Å². The van der Waals surface area contributed by atoms with E-state index in [1.54, 1.807) is 6.07 Å². The van der Waals surface area contributed by atoms with Gasteiger partial charge in [0.25, 0.3) is 0 Å². The Bertz CT molecular complexity index is 942. The summed E-state index contributed by atoms with van der Waals surface area (Å²) in [4.78, 5) is 0. The van der Waals surface area contributed by atoms with Gasteiger partial charge in [0.2, 0.25) is 0 Å². The van der Waals surface area contributed by atoms with Gasteiger partial charge in [-0.2, -0.15) is 0 Å². The number of hydrogen-bond acceptors (Lipinski definition) is 2. The molecule has 0 radical (unpaired) electrons. The van der Waals surface area contributed by atoms with Crippen LogP contribution < -0.4 is 10.1 Å². The molecule has 0 aromatic heterocycles. The predicted octanol–water partition coefficient (Wildman–Crippen LogP) is 6.90. The Morgan fingerprint density at radius 1 is 1.03 bits per heavy atom. The van der Waals surface area contributed by atoms with E-state index in [1.165, 1.54) is 56.2 Å². The van der Waals surface area contributed by atoms with Crippen LogP contribution in [0.5, 0.6) is 5.75 Å². The van der Waals surface area contributed by atoms with E-state index in [4.69, 9.17) is 16.3 Å². The molecule has 4 heteroatoms. The molecule has 0 spiro atoms. The molecule has 0 aliphatic heterocycles. The molecule has 4 aliphatic rings. The van der Waals surface area contributed by atoms with Crippen LogP contribution >= 0.6 is 11.6 Å². The first-order valence-corrected chi connectivity index (χ1v) is 11.5. The van der Waals surface area contributed by atoms with E-state index >= 15 is 0 Å². The Labute approximate surface area is 184 Å². The van der Waals surface area contributed by atoms with Crippen LogP contribution in [0.4, 0.5) is 4.39 Å². The van der Waals surface area contributed by atoms with Gasteiger partial charge in [-0.05, 0) is 85.1 Å². The highest BCUT2D eigenvalue weighted by atomic mass is 35.5. The molecule has 2 aromatic carbocycles. The van der Waals surface area contributed by atoms with Crippen LogP contribution in [0, 0.1) is 22.6 Å². The third-order valence-electron chi connectivity index (χ3n) is 7.60.